The number of rotatable bonds is 1. The lowest BCUT2D eigenvalue weighted by molar-refractivity contribution is -0.375. The molecular formula is C13H10F6N2O. The maximum Gasteiger partial charge on any atom is 0.430 e. The second-order valence-electron chi connectivity index (χ2n) is 4.68. The summed E-state index contributed by atoms with van der Waals surface area (Å²) in [5.41, 5.74) is 2.98. The summed E-state index contributed by atoms with van der Waals surface area (Å²) < 4.78 is 78.4. The molecule has 0 amide bonds. The van der Waals surface area contributed by atoms with E-state index in [0.29, 0.717) is 0 Å². The van der Waals surface area contributed by atoms with Gasteiger partial charge in [-0.2, -0.15) is 26.3 Å². The van der Waals surface area contributed by atoms with E-state index >= 15 is 0 Å². The first-order chi connectivity index (χ1) is 9.91. The van der Waals surface area contributed by atoms with Gasteiger partial charge in [0, 0.05) is 22.3 Å². The zero-order valence-corrected chi connectivity index (χ0v) is 10.8. The molecule has 3 nitrogen and oxygen atoms in total. The molecule has 5 N–H and O–H groups in total. The number of hydrogen-bond acceptors (Lipinski definition) is 3. The molecule has 0 spiro atoms. The van der Waals surface area contributed by atoms with E-state index in [1.807, 2.05) is 0 Å². The van der Waals surface area contributed by atoms with Gasteiger partial charge in [0.15, 0.2) is 0 Å². The highest BCUT2D eigenvalue weighted by atomic mass is 19.4. The van der Waals surface area contributed by atoms with Gasteiger partial charge in [-0.15, -0.1) is 0 Å². The molecule has 2 aromatic carbocycles. The molecule has 22 heavy (non-hydrogen) atoms. The average Bonchev–Trinajstić information content (AvgIpc) is 2.36. The quantitative estimate of drug-likeness (QED) is 0.557. The summed E-state index contributed by atoms with van der Waals surface area (Å²) >= 11 is 0. The van der Waals surface area contributed by atoms with Crippen molar-refractivity contribution < 1.29 is 31.4 Å². The summed E-state index contributed by atoms with van der Waals surface area (Å²) in [5.74, 6) is 0. The van der Waals surface area contributed by atoms with Crippen molar-refractivity contribution in [1.82, 2.24) is 0 Å². The Kier molecular flexibility index (Phi) is 3.44. The Labute approximate surface area is 120 Å². The van der Waals surface area contributed by atoms with Crippen molar-refractivity contribution in [3.05, 3.63) is 35.9 Å². The van der Waals surface area contributed by atoms with Crippen molar-refractivity contribution in [3.63, 3.8) is 0 Å². The Hall–Kier alpha value is -2.16. The highest BCUT2D eigenvalue weighted by Crippen LogP contribution is 2.53. The molecule has 0 aliphatic rings. The van der Waals surface area contributed by atoms with Crippen LogP contribution in [0.15, 0.2) is 30.3 Å². The fraction of sp³-hybridized carbons (Fsp3) is 0.231. The summed E-state index contributed by atoms with van der Waals surface area (Å²) in [6, 6.07) is 5.83. The Morgan fingerprint density at radius 2 is 1.32 bits per heavy atom. The monoisotopic (exact) mass is 324 g/mol. The number of benzene rings is 2. The van der Waals surface area contributed by atoms with Crippen molar-refractivity contribution >= 4 is 22.1 Å². The SMILES string of the molecule is Nc1ccc2cccc(N)c2c1C(O)(C(F)(F)F)C(F)(F)F. The number of halogens is 6. The highest BCUT2D eigenvalue weighted by molar-refractivity contribution is 5.99. The van der Waals surface area contributed by atoms with Crippen LogP contribution in [0.2, 0.25) is 0 Å². The minimum atomic E-state index is -6.03. The van der Waals surface area contributed by atoms with Gasteiger partial charge in [-0.3, -0.25) is 0 Å². The van der Waals surface area contributed by atoms with Gasteiger partial charge >= 0.3 is 12.4 Å². The van der Waals surface area contributed by atoms with Crippen LogP contribution in [0.3, 0.4) is 0 Å². The fourth-order valence-electron chi connectivity index (χ4n) is 2.26. The van der Waals surface area contributed by atoms with Gasteiger partial charge in [0.2, 0.25) is 0 Å². The lowest BCUT2D eigenvalue weighted by Crippen LogP contribution is -2.54. The molecule has 2 rings (SSSR count). The third-order valence-electron chi connectivity index (χ3n) is 3.29. The average molecular weight is 324 g/mol. The first kappa shape index (κ1) is 16.2. The molecule has 0 aromatic heterocycles. The van der Waals surface area contributed by atoms with E-state index in [4.69, 9.17) is 11.5 Å². The maximum absolute atomic E-state index is 13.1. The van der Waals surface area contributed by atoms with Crippen molar-refractivity contribution in [2.75, 3.05) is 11.5 Å². The minimum Gasteiger partial charge on any atom is -0.398 e. The lowest BCUT2D eigenvalue weighted by Gasteiger charge is -2.34. The second kappa shape index (κ2) is 4.67. The van der Waals surface area contributed by atoms with Gasteiger partial charge in [-0.25, -0.2) is 0 Å². The number of aliphatic hydroxyl groups is 1. The molecule has 0 saturated heterocycles. The first-order valence-corrected chi connectivity index (χ1v) is 5.84. The smallest absolute Gasteiger partial charge is 0.398 e. The second-order valence-corrected chi connectivity index (χ2v) is 4.68. The van der Waals surface area contributed by atoms with Crippen molar-refractivity contribution in [1.29, 1.82) is 0 Å². The predicted molar refractivity (Wildman–Crippen MR) is 68.8 cm³/mol. The number of alkyl halides is 6. The number of hydrogen-bond donors (Lipinski definition) is 3. The van der Waals surface area contributed by atoms with Gasteiger partial charge in [-0.1, -0.05) is 18.2 Å². The first-order valence-electron chi connectivity index (χ1n) is 5.84. The molecular weight excluding hydrogens is 314 g/mol. The van der Waals surface area contributed by atoms with Crippen LogP contribution in [0.25, 0.3) is 10.8 Å². The summed E-state index contributed by atoms with van der Waals surface area (Å²) in [6.07, 6.45) is -12.1. The van der Waals surface area contributed by atoms with E-state index < -0.39 is 34.6 Å². The van der Waals surface area contributed by atoms with Crippen LogP contribution in [0, 0.1) is 0 Å². The zero-order valence-electron chi connectivity index (χ0n) is 10.8. The van der Waals surface area contributed by atoms with Gasteiger partial charge in [0.05, 0.1) is 0 Å². The number of fused-ring (bicyclic) bond motifs is 1. The molecule has 9 heteroatoms. The van der Waals surface area contributed by atoms with E-state index in [1.165, 1.54) is 18.2 Å². The maximum atomic E-state index is 13.1. The van der Waals surface area contributed by atoms with Crippen LogP contribution in [0.1, 0.15) is 5.56 Å². The molecule has 2 aromatic rings. The normalized spacial score (nSPS) is 13.6. The standard InChI is InChI=1S/C13H10F6N2O/c14-12(15,16)11(22,13(17,18)19)10-8(21)5-4-6-2-1-3-7(20)9(6)10/h1-5,22H,20-21H2. The molecule has 0 bridgehead atoms. The van der Waals surface area contributed by atoms with E-state index in [1.54, 1.807) is 0 Å². The van der Waals surface area contributed by atoms with Crippen LogP contribution < -0.4 is 11.5 Å². The highest BCUT2D eigenvalue weighted by Gasteiger charge is 2.72. The van der Waals surface area contributed by atoms with Crippen LogP contribution >= 0.6 is 0 Å². The van der Waals surface area contributed by atoms with Crippen LogP contribution in [-0.4, -0.2) is 17.5 Å². The molecule has 0 aliphatic heterocycles. The Bertz CT molecular complexity index is 709. The summed E-state index contributed by atoms with van der Waals surface area (Å²) in [6.45, 7) is 0. The number of anilines is 2. The summed E-state index contributed by atoms with van der Waals surface area (Å²) in [5, 5.41) is 8.99. The molecule has 0 heterocycles. The number of nitrogens with two attached hydrogens (primary N) is 2. The van der Waals surface area contributed by atoms with E-state index in [2.05, 4.69) is 0 Å². The van der Waals surface area contributed by atoms with Gasteiger partial charge in [0.25, 0.3) is 5.60 Å². The van der Waals surface area contributed by atoms with Crippen molar-refractivity contribution in [3.8, 4) is 0 Å². The predicted octanol–water partition coefficient (Wildman–Crippen LogP) is 3.32. The van der Waals surface area contributed by atoms with E-state index in [9.17, 15) is 31.4 Å². The van der Waals surface area contributed by atoms with Gasteiger partial charge < -0.3 is 16.6 Å². The van der Waals surface area contributed by atoms with Crippen LogP contribution in [0.5, 0.6) is 0 Å². The molecule has 0 aliphatic carbocycles. The van der Waals surface area contributed by atoms with Crippen molar-refractivity contribution in [2.45, 2.75) is 18.0 Å². The number of nitrogen functional groups attached to an aromatic ring is 2. The van der Waals surface area contributed by atoms with E-state index in [-0.39, 0.29) is 11.1 Å². The van der Waals surface area contributed by atoms with Gasteiger partial charge in [0.1, 0.15) is 0 Å². The minimum absolute atomic E-state index is 0.00359. The topological polar surface area (TPSA) is 72.3 Å². The Balaban J connectivity index is 3.02. The lowest BCUT2D eigenvalue weighted by atomic mass is 9.86. The molecule has 0 unspecified atom stereocenters. The molecule has 0 saturated carbocycles. The van der Waals surface area contributed by atoms with Crippen LogP contribution in [-0.2, 0) is 5.60 Å². The molecule has 0 radical (unpaired) electrons. The summed E-state index contributed by atoms with van der Waals surface area (Å²) in [4.78, 5) is 0. The molecule has 120 valence electrons. The zero-order chi connectivity index (χ0) is 16.9. The Morgan fingerprint density at radius 1 is 0.773 bits per heavy atom. The Morgan fingerprint density at radius 3 is 1.82 bits per heavy atom. The third kappa shape index (κ3) is 2.12. The van der Waals surface area contributed by atoms with E-state index in [0.717, 1.165) is 12.1 Å². The largest absolute Gasteiger partial charge is 0.430 e. The van der Waals surface area contributed by atoms with Crippen molar-refractivity contribution in [2.24, 2.45) is 0 Å². The molecule has 0 fully saturated rings. The molecule has 0 atom stereocenters. The fourth-order valence-corrected chi connectivity index (χ4v) is 2.26. The third-order valence-corrected chi connectivity index (χ3v) is 3.29. The summed E-state index contributed by atoms with van der Waals surface area (Å²) in [7, 11) is 0. The van der Waals surface area contributed by atoms with Crippen LogP contribution in [0.4, 0.5) is 37.7 Å². The van der Waals surface area contributed by atoms with Gasteiger partial charge in [-0.05, 0) is 17.5 Å².